The molecule has 27 heavy (non-hydrogen) atoms. The van der Waals surface area contributed by atoms with Crippen molar-refractivity contribution in [1.82, 2.24) is 5.32 Å². The molecule has 2 aromatic carbocycles. The Balaban J connectivity index is 2.15. The minimum Gasteiger partial charge on any atom is -0.467 e. The number of carbonyl (C=O) groups is 3. The van der Waals surface area contributed by atoms with Crippen LogP contribution in [-0.4, -0.2) is 30.9 Å². The highest BCUT2D eigenvalue weighted by molar-refractivity contribution is 5.98. The van der Waals surface area contributed by atoms with Gasteiger partial charge in [-0.3, -0.25) is 9.59 Å². The molecule has 0 spiro atoms. The molecule has 0 unspecified atom stereocenters. The third-order valence-electron chi connectivity index (χ3n) is 3.76. The molecule has 0 aliphatic heterocycles. The Bertz CT molecular complexity index is 885. The first-order valence-corrected chi connectivity index (χ1v) is 8.18. The van der Waals surface area contributed by atoms with Crippen molar-refractivity contribution in [2.75, 3.05) is 12.4 Å². The summed E-state index contributed by atoms with van der Waals surface area (Å²) in [6.07, 6.45) is 0.218. The van der Waals surface area contributed by atoms with Gasteiger partial charge in [-0.15, -0.1) is 0 Å². The Morgan fingerprint density at radius 3 is 2.44 bits per heavy atom. The quantitative estimate of drug-likeness (QED) is 0.762. The van der Waals surface area contributed by atoms with Crippen LogP contribution >= 0.6 is 0 Å². The number of anilines is 1. The SMILES string of the molecule is COC(=O)[C@@H](Cc1ccc(C#N)cc1)NC(=O)c1cccc(NC(C)=O)c1. The summed E-state index contributed by atoms with van der Waals surface area (Å²) in [5.74, 6) is -1.29. The van der Waals surface area contributed by atoms with E-state index in [0.717, 1.165) is 5.56 Å². The Labute approximate surface area is 156 Å². The second-order valence-corrected chi connectivity index (χ2v) is 5.82. The number of hydrogen-bond donors (Lipinski definition) is 2. The number of nitrogens with zero attached hydrogens (tertiary/aromatic N) is 1. The zero-order chi connectivity index (χ0) is 19.8. The number of nitriles is 1. The number of methoxy groups -OCH3 is 1. The molecule has 7 heteroatoms. The summed E-state index contributed by atoms with van der Waals surface area (Å²) in [5.41, 5.74) is 2.07. The zero-order valence-corrected chi connectivity index (χ0v) is 15.0. The summed E-state index contributed by atoms with van der Waals surface area (Å²) < 4.78 is 4.78. The third-order valence-corrected chi connectivity index (χ3v) is 3.76. The number of benzene rings is 2. The first-order valence-electron chi connectivity index (χ1n) is 8.18. The van der Waals surface area contributed by atoms with E-state index in [1.54, 1.807) is 42.5 Å². The fraction of sp³-hybridized carbons (Fsp3) is 0.200. The van der Waals surface area contributed by atoms with E-state index in [-0.39, 0.29) is 12.3 Å². The van der Waals surface area contributed by atoms with Crippen molar-refractivity contribution in [3.8, 4) is 6.07 Å². The predicted octanol–water partition coefficient (Wildman–Crippen LogP) is 2.03. The van der Waals surface area contributed by atoms with E-state index in [1.165, 1.54) is 20.1 Å². The second-order valence-electron chi connectivity index (χ2n) is 5.82. The van der Waals surface area contributed by atoms with Crippen LogP contribution < -0.4 is 10.6 Å². The number of rotatable bonds is 6. The lowest BCUT2D eigenvalue weighted by atomic mass is 10.0. The van der Waals surface area contributed by atoms with Gasteiger partial charge in [0, 0.05) is 24.6 Å². The molecular weight excluding hydrogens is 346 g/mol. The molecule has 0 bridgehead atoms. The van der Waals surface area contributed by atoms with Crippen molar-refractivity contribution < 1.29 is 19.1 Å². The lowest BCUT2D eigenvalue weighted by Crippen LogP contribution is -2.43. The molecule has 2 N–H and O–H groups in total. The van der Waals surface area contributed by atoms with Crippen molar-refractivity contribution in [2.45, 2.75) is 19.4 Å². The molecule has 2 rings (SSSR count). The fourth-order valence-corrected chi connectivity index (χ4v) is 2.47. The molecule has 7 nitrogen and oxygen atoms in total. The van der Waals surface area contributed by atoms with Gasteiger partial charge in [0.2, 0.25) is 5.91 Å². The van der Waals surface area contributed by atoms with Crippen LogP contribution in [0, 0.1) is 11.3 Å². The van der Waals surface area contributed by atoms with Crippen LogP contribution in [-0.2, 0) is 20.7 Å². The highest BCUT2D eigenvalue weighted by atomic mass is 16.5. The van der Waals surface area contributed by atoms with Gasteiger partial charge in [-0.25, -0.2) is 4.79 Å². The lowest BCUT2D eigenvalue weighted by Gasteiger charge is -2.17. The number of carbonyl (C=O) groups excluding carboxylic acids is 3. The Morgan fingerprint density at radius 1 is 1.15 bits per heavy atom. The second kappa shape index (κ2) is 9.15. The van der Waals surface area contributed by atoms with Gasteiger partial charge in [0.1, 0.15) is 6.04 Å². The van der Waals surface area contributed by atoms with Crippen molar-refractivity contribution >= 4 is 23.5 Å². The van der Waals surface area contributed by atoms with Crippen LogP contribution in [0.15, 0.2) is 48.5 Å². The largest absolute Gasteiger partial charge is 0.467 e. The summed E-state index contributed by atoms with van der Waals surface area (Å²) >= 11 is 0. The summed E-state index contributed by atoms with van der Waals surface area (Å²) in [6, 6.07) is 14.2. The number of amides is 2. The van der Waals surface area contributed by atoms with Crippen molar-refractivity contribution in [3.63, 3.8) is 0 Å². The third kappa shape index (κ3) is 5.68. The van der Waals surface area contributed by atoms with Crippen LogP contribution in [0.1, 0.15) is 28.4 Å². The summed E-state index contributed by atoms with van der Waals surface area (Å²) in [6.45, 7) is 1.37. The van der Waals surface area contributed by atoms with E-state index >= 15 is 0 Å². The minimum atomic E-state index is -0.889. The number of hydrogen-bond acceptors (Lipinski definition) is 5. The molecule has 0 aliphatic rings. The molecule has 0 aliphatic carbocycles. The fourth-order valence-electron chi connectivity index (χ4n) is 2.47. The summed E-state index contributed by atoms with van der Waals surface area (Å²) in [5, 5.41) is 14.1. The van der Waals surface area contributed by atoms with Gasteiger partial charge in [0.15, 0.2) is 0 Å². The van der Waals surface area contributed by atoms with E-state index in [2.05, 4.69) is 10.6 Å². The Morgan fingerprint density at radius 2 is 1.85 bits per heavy atom. The average Bonchev–Trinajstić information content (AvgIpc) is 2.67. The van der Waals surface area contributed by atoms with Crippen LogP contribution in [0.5, 0.6) is 0 Å². The maximum Gasteiger partial charge on any atom is 0.328 e. The van der Waals surface area contributed by atoms with Crippen LogP contribution in [0.2, 0.25) is 0 Å². The first kappa shape index (κ1) is 19.7. The maximum atomic E-state index is 12.5. The monoisotopic (exact) mass is 365 g/mol. The van der Waals surface area contributed by atoms with Crippen LogP contribution in [0.4, 0.5) is 5.69 Å². The highest BCUT2D eigenvalue weighted by Crippen LogP contribution is 2.12. The lowest BCUT2D eigenvalue weighted by molar-refractivity contribution is -0.142. The topological polar surface area (TPSA) is 108 Å². The molecule has 2 aromatic rings. The number of ether oxygens (including phenoxy) is 1. The maximum absolute atomic E-state index is 12.5. The van der Waals surface area contributed by atoms with Crippen molar-refractivity contribution in [2.24, 2.45) is 0 Å². The van der Waals surface area contributed by atoms with Gasteiger partial charge < -0.3 is 15.4 Å². The van der Waals surface area contributed by atoms with E-state index in [0.29, 0.717) is 16.8 Å². The number of nitrogens with one attached hydrogen (secondary N) is 2. The first-order chi connectivity index (χ1) is 12.9. The molecular formula is C20H19N3O4. The van der Waals surface area contributed by atoms with Crippen molar-refractivity contribution in [1.29, 1.82) is 5.26 Å². The standard InChI is InChI=1S/C20H19N3O4/c1-13(24)22-17-5-3-4-16(11-17)19(25)23-18(20(26)27-2)10-14-6-8-15(12-21)9-7-14/h3-9,11,18H,10H2,1-2H3,(H,22,24)(H,23,25)/t18-/m1/s1. The van der Waals surface area contributed by atoms with Gasteiger partial charge in [0.25, 0.3) is 5.91 Å². The highest BCUT2D eigenvalue weighted by Gasteiger charge is 2.22. The molecule has 0 radical (unpaired) electrons. The minimum absolute atomic E-state index is 0.218. The molecule has 0 saturated carbocycles. The molecule has 0 heterocycles. The van der Waals surface area contributed by atoms with E-state index < -0.39 is 17.9 Å². The Hall–Kier alpha value is -3.66. The number of esters is 1. The van der Waals surface area contributed by atoms with Gasteiger partial charge in [0.05, 0.1) is 18.7 Å². The molecule has 0 fully saturated rings. The Kier molecular flexibility index (Phi) is 6.67. The molecule has 0 saturated heterocycles. The van der Waals surface area contributed by atoms with E-state index in [4.69, 9.17) is 10.00 Å². The van der Waals surface area contributed by atoms with Crippen molar-refractivity contribution in [3.05, 3.63) is 65.2 Å². The average molecular weight is 365 g/mol. The van der Waals surface area contributed by atoms with Gasteiger partial charge in [-0.1, -0.05) is 18.2 Å². The molecule has 1 atom stereocenters. The van der Waals surface area contributed by atoms with E-state index in [9.17, 15) is 14.4 Å². The zero-order valence-electron chi connectivity index (χ0n) is 15.0. The molecule has 138 valence electrons. The normalized spacial score (nSPS) is 11.0. The van der Waals surface area contributed by atoms with Gasteiger partial charge in [-0.2, -0.15) is 5.26 Å². The molecule has 2 amide bonds. The predicted molar refractivity (Wildman–Crippen MR) is 98.9 cm³/mol. The van der Waals surface area contributed by atoms with Gasteiger partial charge in [-0.05, 0) is 35.9 Å². The molecule has 0 aromatic heterocycles. The van der Waals surface area contributed by atoms with E-state index in [1.807, 2.05) is 6.07 Å². The summed E-state index contributed by atoms with van der Waals surface area (Å²) in [4.78, 5) is 35.8. The van der Waals surface area contributed by atoms with Crippen LogP contribution in [0.25, 0.3) is 0 Å². The van der Waals surface area contributed by atoms with Crippen LogP contribution in [0.3, 0.4) is 0 Å². The smallest absolute Gasteiger partial charge is 0.328 e. The van der Waals surface area contributed by atoms with Gasteiger partial charge >= 0.3 is 5.97 Å². The summed E-state index contributed by atoms with van der Waals surface area (Å²) in [7, 11) is 1.25.